The predicted octanol–water partition coefficient (Wildman–Crippen LogP) is 3.64. The van der Waals surface area contributed by atoms with Gasteiger partial charge in [0.05, 0.1) is 5.56 Å². The molecule has 0 radical (unpaired) electrons. The van der Waals surface area contributed by atoms with E-state index in [4.69, 9.17) is 0 Å². The lowest BCUT2D eigenvalue weighted by Crippen LogP contribution is -2.35. The molecule has 1 aromatic carbocycles. The number of amides is 1. The molecular weight excluding hydrogens is 364 g/mol. The first kappa shape index (κ1) is 15.8. The molecule has 0 bridgehead atoms. The minimum Gasteiger partial charge on any atom is -0.339 e. The van der Waals surface area contributed by atoms with Gasteiger partial charge in [0.2, 0.25) is 0 Å². The van der Waals surface area contributed by atoms with Crippen LogP contribution in [0.25, 0.3) is 0 Å². The molecule has 0 saturated heterocycles. The lowest BCUT2D eigenvalue weighted by atomic mass is 10.1. The van der Waals surface area contributed by atoms with Crippen molar-refractivity contribution < 1.29 is 9.18 Å². The Hall–Kier alpha value is -0.300. The lowest BCUT2D eigenvalue weighted by Gasteiger charge is -2.25. The summed E-state index contributed by atoms with van der Waals surface area (Å²) in [5.41, 5.74) is 0.565. The van der Waals surface area contributed by atoms with E-state index in [1.165, 1.54) is 12.1 Å². The van der Waals surface area contributed by atoms with Gasteiger partial charge >= 0.3 is 0 Å². The van der Waals surface area contributed by atoms with Gasteiger partial charge in [0, 0.05) is 16.7 Å². The summed E-state index contributed by atoms with van der Waals surface area (Å²) in [7, 11) is 1.80. The molecule has 1 unspecified atom stereocenters. The van der Waals surface area contributed by atoms with Gasteiger partial charge in [0.15, 0.2) is 0 Å². The number of nitrogens with zero attached hydrogens (tertiary/aromatic N) is 1. The van der Waals surface area contributed by atoms with E-state index >= 15 is 0 Å². The molecule has 0 aliphatic carbocycles. The van der Waals surface area contributed by atoms with Crippen LogP contribution in [-0.4, -0.2) is 35.9 Å². The summed E-state index contributed by atoms with van der Waals surface area (Å²) >= 11 is 3.77. The van der Waals surface area contributed by atoms with E-state index in [1.54, 1.807) is 29.8 Å². The van der Waals surface area contributed by atoms with Gasteiger partial charge in [-0.25, -0.2) is 4.39 Å². The third-order valence-corrected chi connectivity index (χ3v) is 4.42. The highest BCUT2D eigenvalue weighted by Gasteiger charge is 2.19. The average molecular weight is 381 g/mol. The zero-order valence-corrected chi connectivity index (χ0v) is 13.7. The molecule has 0 N–H and O–H groups in total. The fourth-order valence-corrected chi connectivity index (χ4v) is 2.82. The SMILES string of the molecule is CSCCC(C)N(C)C(=O)c1ccc(F)cc1I. The molecule has 0 aromatic heterocycles. The predicted molar refractivity (Wildman–Crippen MR) is 83.7 cm³/mol. The summed E-state index contributed by atoms with van der Waals surface area (Å²) < 4.78 is 13.7. The van der Waals surface area contributed by atoms with Crippen molar-refractivity contribution in [3.05, 3.63) is 33.1 Å². The van der Waals surface area contributed by atoms with Gasteiger partial charge < -0.3 is 4.90 Å². The highest BCUT2D eigenvalue weighted by molar-refractivity contribution is 14.1. The van der Waals surface area contributed by atoms with E-state index in [2.05, 4.69) is 6.26 Å². The minimum absolute atomic E-state index is 0.0481. The number of rotatable bonds is 5. The van der Waals surface area contributed by atoms with Crippen molar-refractivity contribution in [3.8, 4) is 0 Å². The van der Waals surface area contributed by atoms with Crippen LogP contribution in [0.15, 0.2) is 18.2 Å². The first-order valence-corrected chi connectivity index (χ1v) is 8.15. The van der Waals surface area contributed by atoms with Crippen molar-refractivity contribution in [3.63, 3.8) is 0 Å². The molecule has 0 fully saturated rings. The quantitative estimate of drug-likeness (QED) is 0.726. The van der Waals surface area contributed by atoms with E-state index < -0.39 is 0 Å². The first-order valence-electron chi connectivity index (χ1n) is 5.68. The van der Waals surface area contributed by atoms with Gasteiger partial charge in [-0.05, 0) is 66.1 Å². The topological polar surface area (TPSA) is 20.3 Å². The number of carbonyl (C=O) groups is 1. The second-order valence-corrected chi connectivity index (χ2v) is 6.32. The summed E-state index contributed by atoms with van der Waals surface area (Å²) in [5.74, 6) is 0.668. The van der Waals surface area contributed by atoms with Crippen LogP contribution in [-0.2, 0) is 0 Å². The van der Waals surface area contributed by atoms with E-state index in [1.807, 2.05) is 29.5 Å². The maximum atomic E-state index is 13.0. The molecule has 0 aliphatic rings. The van der Waals surface area contributed by atoms with Crippen molar-refractivity contribution >= 4 is 40.3 Å². The Morgan fingerprint density at radius 2 is 2.22 bits per heavy atom. The molecule has 0 spiro atoms. The largest absolute Gasteiger partial charge is 0.339 e. The monoisotopic (exact) mass is 381 g/mol. The van der Waals surface area contributed by atoms with Crippen molar-refractivity contribution in [1.82, 2.24) is 4.90 Å². The molecule has 1 amide bonds. The summed E-state index contributed by atoms with van der Waals surface area (Å²) in [4.78, 5) is 14.0. The number of thioether (sulfide) groups is 1. The molecular formula is C13H17FINOS. The van der Waals surface area contributed by atoms with Gasteiger partial charge in [-0.1, -0.05) is 0 Å². The Balaban J connectivity index is 2.79. The van der Waals surface area contributed by atoms with Gasteiger partial charge in [0.25, 0.3) is 5.91 Å². The number of hydrogen-bond acceptors (Lipinski definition) is 2. The van der Waals surface area contributed by atoms with Crippen LogP contribution in [0.2, 0.25) is 0 Å². The number of halogens is 2. The van der Waals surface area contributed by atoms with Crippen LogP contribution in [0.3, 0.4) is 0 Å². The number of hydrogen-bond donors (Lipinski definition) is 0. The van der Waals surface area contributed by atoms with Crippen molar-refractivity contribution in [2.75, 3.05) is 19.1 Å². The van der Waals surface area contributed by atoms with Gasteiger partial charge in [0.1, 0.15) is 5.82 Å². The molecule has 0 heterocycles. The van der Waals surface area contributed by atoms with E-state index in [-0.39, 0.29) is 17.8 Å². The molecule has 18 heavy (non-hydrogen) atoms. The Morgan fingerprint density at radius 3 is 2.78 bits per heavy atom. The van der Waals surface area contributed by atoms with Crippen LogP contribution in [0, 0.1) is 9.39 Å². The van der Waals surface area contributed by atoms with Crippen molar-refractivity contribution in [2.45, 2.75) is 19.4 Å². The molecule has 1 atom stereocenters. The summed E-state index contributed by atoms with van der Waals surface area (Å²) in [6.07, 6.45) is 3.01. The molecule has 0 aliphatic heterocycles. The molecule has 1 aromatic rings. The molecule has 2 nitrogen and oxygen atoms in total. The Labute approximate surface area is 125 Å². The van der Waals surface area contributed by atoms with Crippen LogP contribution in [0.1, 0.15) is 23.7 Å². The number of carbonyl (C=O) groups excluding carboxylic acids is 1. The van der Waals surface area contributed by atoms with E-state index in [0.29, 0.717) is 9.13 Å². The lowest BCUT2D eigenvalue weighted by molar-refractivity contribution is 0.0740. The summed E-state index contributed by atoms with van der Waals surface area (Å²) in [6, 6.07) is 4.45. The minimum atomic E-state index is -0.311. The zero-order chi connectivity index (χ0) is 13.7. The fourth-order valence-electron chi connectivity index (χ4n) is 1.54. The van der Waals surface area contributed by atoms with Crippen molar-refractivity contribution in [1.29, 1.82) is 0 Å². The maximum Gasteiger partial charge on any atom is 0.254 e. The Bertz CT molecular complexity index is 427. The molecule has 5 heteroatoms. The third kappa shape index (κ3) is 4.12. The van der Waals surface area contributed by atoms with E-state index in [0.717, 1.165) is 12.2 Å². The average Bonchev–Trinajstić information content (AvgIpc) is 2.34. The molecule has 100 valence electrons. The van der Waals surface area contributed by atoms with E-state index in [9.17, 15) is 9.18 Å². The normalized spacial score (nSPS) is 12.3. The van der Waals surface area contributed by atoms with Gasteiger partial charge in [-0.3, -0.25) is 4.79 Å². The standard InChI is InChI=1S/C13H17FINOS/c1-9(6-7-18-3)16(2)13(17)11-5-4-10(14)8-12(11)15/h4-5,8-9H,6-7H2,1-3H3. The second kappa shape index (κ2) is 7.33. The van der Waals surface area contributed by atoms with Crippen LogP contribution in [0.5, 0.6) is 0 Å². The first-order chi connectivity index (χ1) is 8.47. The van der Waals surface area contributed by atoms with Gasteiger partial charge in [-0.15, -0.1) is 0 Å². The second-order valence-electron chi connectivity index (χ2n) is 4.17. The third-order valence-electron chi connectivity index (χ3n) is 2.88. The van der Waals surface area contributed by atoms with Crippen LogP contribution < -0.4 is 0 Å². The van der Waals surface area contributed by atoms with Gasteiger partial charge in [-0.2, -0.15) is 11.8 Å². The highest BCUT2D eigenvalue weighted by Crippen LogP contribution is 2.17. The molecule has 0 saturated carbocycles. The Kier molecular flexibility index (Phi) is 6.42. The number of benzene rings is 1. The maximum absolute atomic E-state index is 13.0. The van der Waals surface area contributed by atoms with Crippen molar-refractivity contribution in [2.24, 2.45) is 0 Å². The molecule has 1 rings (SSSR count). The summed E-state index contributed by atoms with van der Waals surface area (Å²) in [5, 5.41) is 0. The smallest absolute Gasteiger partial charge is 0.254 e. The highest BCUT2D eigenvalue weighted by atomic mass is 127. The zero-order valence-electron chi connectivity index (χ0n) is 10.7. The Morgan fingerprint density at radius 1 is 1.56 bits per heavy atom. The fraction of sp³-hybridized carbons (Fsp3) is 0.462. The van der Waals surface area contributed by atoms with Crippen LogP contribution in [0.4, 0.5) is 4.39 Å². The van der Waals surface area contributed by atoms with Crippen LogP contribution >= 0.6 is 34.4 Å². The summed E-state index contributed by atoms with van der Waals surface area (Å²) in [6.45, 7) is 2.03.